The highest BCUT2D eigenvalue weighted by Crippen LogP contribution is 2.54. The predicted octanol–water partition coefficient (Wildman–Crippen LogP) is 2.73. The Hall–Kier alpha value is -2.17. The van der Waals surface area contributed by atoms with Gasteiger partial charge in [-0.15, -0.1) is 0 Å². The molecule has 2 aliphatic carbocycles. The Morgan fingerprint density at radius 1 is 1.38 bits per heavy atom. The summed E-state index contributed by atoms with van der Waals surface area (Å²) in [5.41, 5.74) is 6.15. The Kier molecular flexibility index (Phi) is 5.75. The number of hydrogen-bond donors (Lipinski definition) is 3. The lowest BCUT2D eigenvalue weighted by Crippen LogP contribution is -2.34. The standard InChI is InChI=1S/C21H26ClFN4O4S/c1-27-19(24)17(20(28)25-14-3-4-16(23)15(22)7-14)18(26-27)11-5-12-8-21(29,9-13(12)6-11)10-32(2,30)31/h3-4,7,11-13,29H,5-6,8-10,24H2,1-2H3,(H,25,28)/t11?,12-,13?,21?/m0/s1. The third-order valence-corrected chi connectivity index (χ3v) is 7.92. The first-order valence-corrected chi connectivity index (χ1v) is 12.8. The Bertz CT molecular complexity index is 1170. The minimum atomic E-state index is -3.29. The molecule has 174 valence electrons. The third-order valence-electron chi connectivity index (χ3n) is 6.57. The van der Waals surface area contributed by atoms with E-state index < -0.39 is 27.2 Å². The van der Waals surface area contributed by atoms with Gasteiger partial charge in [0.25, 0.3) is 5.91 Å². The average molecular weight is 485 g/mol. The van der Waals surface area contributed by atoms with E-state index in [1.165, 1.54) is 22.9 Å². The molecule has 32 heavy (non-hydrogen) atoms. The maximum Gasteiger partial charge on any atom is 0.261 e. The van der Waals surface area contributed by atoms with Gasteiger partial charge in [-0.2, -0.15) is 5.10 Å². The van der Waals surface area contributed by atoms with Crippen molar-refractivity contribution in [3.8, 4) is 0 Å². The summed E-state index contributed by atoms with van der Waals surface area (Å²) in [6, 6.07) is 3.90. The van der Waals surface area contributed by atoms with Crippen molar-refractivity contribution in [2.45, 2.75) is 37.2 Å². The van der Waals surface area contributed by atoms with E-state index in [1.807, 2.05) is 0 Å². The van der Waals surface area contributed by atoms with Gasteiger partial charge in [-0.05, 0) is 55.7 Å². The number of carbonyl (C=O) groups excluding carboxylic acids is 1. The van der Waals surface area contributed by atoms with E-state index >= 15 is 0 Å². The first kappa shape index (κ1) is 23.0. The van der Waals surface area contributed by atoms with Crippen molar-refractivity contribution in [1.82, 2.24) is 9.78 Å². The Morgan fingerprint density at radius 2 is 2.00 bits per heavy atom. The van der Waals surface area contributed by atoms with Gasteiger partial charge in [0, 0.05) is 24.9 Å². The van der Waals surface area contributed by atoms with E-state index in [0.717, 1.165) is 6.26 Å². The number of nitrogens with zero attached hydrogens (tertiary/aromatic N) is 2. The molecule has 4 atom stereocenters. The lowest BCUT2D eigenvalue weighted by molar-refractivity contribution is 0.0613. The largest absolute Gasteiger partial charge is 0.389 e. The maximum atomic E-state index is 13.4. The summed E-state index contributed by atoms with van der Waals surface area (Å²) in [6.07, 6.45) is 3.35. The quantitative estimate of drug-likeness (QED) is 0.598. The van der Waals surface area contributed by atoms with Crippen LogP contribution in [-0.4, -0.2) is 46.8 Å². The molecular weight excluding hydrogens is 459 g/mol. The fourth-order valence-electron chi connectivity index (χ4n) is 5.44. The summed E-state index contributed by atoms with van der Waals surface area (Å²) >= 11 is 5.81. The number of nitrogens with one attached hydrogen (secondary N) is 1. The summed E-state index contributed by atoms with van der Waals surface area (Å²) in [5.74, 6) is -0.783. The third kappa shape index (κ3) is 4.49. The molecule has 0 saturated heterocycles. The van der Waals surface area contributed by atoms with Gasteiger partial charge in [-0.1, -0.05) is 11.6 Å². The number of aliphatic hydroxyl groups is 1. The number of fused-ring (bicyclic) bond motifs is 1. The SMILES string of the molecule is Cn1nc(C2CC3CC(O)(CS(C)(=O)=O)C[C@@H]3C2)c(C(=O)Nc2ccc(F)c(Cl)c2)c1N. The number of anilines is 2. The molecule has 4 N–H and O–H groups in total. The number of halogens is 2. The molecule has 11 heteroatoms. The highest BCUT2D eigenvalue weighted by molar-refractivity contribution is 7.90. The van der Waals surface area contributed by atoms with Crippen molar-refractivity contribution in [3.05, 3.63) is 40.3 Å². The monoisotopic (exact) mass is 484 g/mol. The molecule has 1 amide bonds. The van der Waals surface area contributed by atoms with Gasteiger partial charge in [0.05, 0.1) is 22.1 Å². The zero-order chi connectivity index (χ0) is 23.4. The van der Waals surface area contributed by atoms with Gasteiger partial charge >= 0.3 is 0 Å². The van der Waals surface area contributed by atoms with Crippen LogP contribution in [0.4, 0.5) is 15.9 Å². The van der Waals surface area contributed by atoms with E-state index in [-0.39, 0.29) is 39.9 Å². The molecular formula is C21H26ClFN4O4S. The van der Waals surface area contributed by atoms with Crippen LogP contribution in [0.2, 0.25) is 5.02 Å². The van der Waals surface area contributed by atoms with Crippen LogP contribution < -0.4 is 11.1 Å². The minimum absolute atomic E-state index is 0.0335. The van der Waals surface area contributed by atoms with Gasteiger partial charge in [0.15, 0.2) is 0 Å². The van der Waals surface area contributed by atoms with Crippen LogP contribution in [0.1, 0.15) is 47.7 Å². The summed E-state index contributed by atoms with van der Waals surface area (Å²) in [6.45, 7) is 0. The fraction of sp³-hybridized carbons (Fsp3) is 0.524. The van der Waals surface area contributed by atoms with Crippen molar-refractivity contribution in [1.29, 1.82) is 0 Å². The first-order valence-electron chi connectivity index (χ1n) is 10.3. The zero-order valence-corrected chi connectivity index (χ0v) is 19.4. The van der Waals surface area contributed by atoms with Gasteiger partial charge in [0.1, 0.15) is 27.0 Å². The minimum Gasteiger partial charge on any atom is -0.389 e. The van der Waals surface area contributed by atoms with E-state index in [0.29, 0.717) is 37.1 Å². The van der Waals surface area contributed by atoms with Gasteiger partial charge in [-0.25, -0.2) is 12.8 Å². The molecule has 4 rings (SSSR count). The highest BCUT2D eigenvalue weighted by atomic mass is 35.5. The summed E-state index contributed by atoms with van der Waals surface area (Å²) < 4.78 is 38.3. The van der Waals surface area contributed by atoms with Crippen molar-refractivity contribution in [2.75, 3.05) is 23.1 Å². The smallest absolute Gasteiger partial charge is 0.261 e. The molecule has 1 heterocycles. The van der Waals surface area contributed by atoms with E-state index in [1.54, 1.807) is 7.05 Å². The van der Waals surface area contributed by atoms with Crippen LogP contribution in [0.25, 0.3) is 0 Å². The Labute approximate surface area is 190 Å². The van der Waals surface area contributed by atoms with Crippen LogP contribution in [0.3, 0.4) is 0 Å². The second-order valence-electron chi connectivity index (χ2n) is 9.24. The van der Waals surface area contributed by atoms with Crippen molar-refractivity contribution in [3.63, 3.8) is 0 Å². The Morgan fingerprint density at radius 3 is 2.56 bits per heavy atom. The zero-order valence-electron chi connectivity index (χ0n) is 17.8. The normalized spacial score (nSPS) is 27.5. The number of nitrogen functional groups attached to an aromatic ring is 1. The number of nitrogens with two attached hydrogens (primary N) is 1. The van der Waals surface area contributed by atoms with Crippen LogP contribution in [0.15, 0.2) is 18.2 Å². The number of benzene rings is 1. The molecule has 1 aromatic heterocycles. The first-order chi connectivity index (χ1) is 14.8. The number of rotatable bonds is 5. The van der Waals surface area contributed by atoms with Crippen LogP contribution in [0, 0.1) is 17.7 Å². The molecule has 0 spiro atoms. The lowest BCUT2D eigenvalue weighted by atomic mass is 9.92. The lowest BCUT2D eigenvalue weighted by Gasteiger charge is -2.23. The predicted molar refractivity (Wildman–Crippen MR) is 120 cm³/mol. The summed E-state index contributed by atoms with van der Waals surface area (Å²) in [4.78, 5) is 13.0. The summed E-state index contributed by atoms with van der Waals surface area (Å²) in [7, 11) is -1.63. The Balaban J connectivity index is 1.53. The topological polar surface area (TPSA) is 127 Å². The fourth-order valence-corrected chi connectivity index (χ4v) is 6.84. The number of hydrogen-bond acceptors (Lipinski definition) is 6. The maximum absolute atomic E-state index is 13.4. The molecule has 2 aromatic rings. The second-order valence-corrected chi connectivity index (χ2v) is 11.8. The van der Waals surface area contributed by atoms with Crippen LogP contribution in [0.5, 0.6) is 0 Å². The number of carbonyl (C=O) groups is 1. The number of amides is 1. The van der Waals surface area contributed by atoms with E-state index in [2.05, 4.69) is 10.4 Å². The molecule has 2 aliphatic rings. The summed E-state index contributed by atoms with van der Waals surface area (Å²) in [5, 5.41) is 17.9. The van der Waals surface area contributed by atoms with Crippen molar-refractivity contribution >= 4 is 38.9 Å². The van der Waals surface area contributed by atoms with Crippen molar-refractivity contribution < 1.29 is 22.7 Å². The number of aromatic nitrogens is 2. The molecule has 0 radical (unpaired) electrons. The molecule has 2 fully saturated rings. The van der Waals surface area contributed by atoms with Gasteiger partial charge in [-0.3, -0.25) is 9.48 Å². The van der Waals surface area contributed by atoms with Gasteiger partial charge < -0.3 is 16.2 Å². The molecule has 8 nitrogen and oxygen atoms in total. The second kappa shape index (κ2) is 8.00. The molecule has 0 bridgehead atoms. The number of aryl methyl sites for hydroxylation is 1. The van der Waals surface area contributed by atoms with Crippen molar-refractivity contribution in [2.24, 2.45) is 18.9 Å². The molecule has 0 aliphatic heterocycles. The molecule has 3 unspecified atom stereocenters. The van der Waals surface area contributed by atoms with E-state index in [4.69, 9.17) is 17.3 Å². The number of sulfone groups is 1. The van der Waals surface area contributed by atoms with Crippen LogP contribution in [-0.2, 0) is 16.9 Å². The van der Waals surface area contributed by atoms with Gasteiger partial charge in [0.2, 0.25) is 0 Å². The molecule has 1 aromatic carbocycles. The molecule has 2 saturated carbocycles. The highest BCUT2D eigenvalue weighted by Gasteiger charge is 2.51. The van der Waals surface area contributed by atoms with E-state index in [9.17, 15) is 22.7 Å². The average Bonchev–Trinajstić information content (AvgIpc) is 3.26. The van der Waals surface area contributed by atoms with Crippen LogP contribution >= 0.6 is 11.6 Å².